The molecule has 0 aliphatic heterocycles. The van der Waals surface area contributed by atoms with E-state index in [1.807, 2.05) is 6.20 Å². The molecule has 2 aromatic carbocycles. The van der Waals surface area contributed by atoms with Gasteiger partial charge in [-0.3, -0.25) is 4.98 Å². The Morgan fingerprint density at radius 2 is 1.67 bits per heavy atom. The van der Waals surface area contributed by atoms with Crippen LogP contribution in [-0.2, 0) is 11.8 Å². The van der Waals surface area contributed by atoms with E-state index in [0.29, 0.717) is 5.92 Å². The first-order valence-electron chi connectivity index (χ1n) is 11.7. The molecular formula is C30H30N2S. The molecule has 0 N–H and O–H groups in total. The lowest BCUT2D eigenvalue weighted by molar-refractivity contribution is 0.596. The van der Waals surface area contributed by atoms with E-state index in [0.717, 1.165) is 16.9 Å². The molecule has 3 heteroatoms. The highest BCUT2D eigenvalue weighted by atomic mass is 32.1. The van der Waals surface area contributed by atoms with Gasteiger partial charge in [-0.05, 0) is 76.1 Å². The fourth-order valence-corrected chi connectivity index (χ4v) is 5.50. The molecule has 0 atom stereocenters. The van der Waals surface area contributed by atoms with Crippen molar-refractivity contribution in [2.24, 2.45) is 5.92 Å². The number of nitrogens with zero attached hydrogens (tertiary/aromatic N) is 2. The SMILES string of the molecule is CC(C)Cc1ccc2cc(-c3ccnc(-c4cc(C(C)(C)C)c5ccccc5c4)c3)sc2n1. The maximum absolute atomic E-state index is 4.92. The number of fused-ring (bicyclic) bond motifs is 2. The molecule has 0 bridgehead atoms. The van der Waals surface area contributed by atoms with Crippen LogP contribution in [0.25, 0.3) is 42.7 Å². The molecule has 0 saturated heterocycles. The molecule has 5 aromatic rings. The van der Waals surface area contributed by atoms with Gasteiger partial charge in [-0.1, -0.05) is 65.0 Å². The minimum Gasteiger partial charge on any atom is -0.256 e. The number of rotatable bonds is 4. The lowest BCUT2D eigenvalue weighted by Crippen LogP contribution is -2.12. The predicted molar refractivity (Wildman–Crippen MR) is 143 cm³/mol. The summed E-state index contributed by atoms with van der Waals surface area (Å²) in [4.78, 5) is 12.0. The number of benzene rings is 2. The van der Waals surface area contributed by atoms with Gasteiger partial charge in [0.15, 0.2) is 0 Å². The Hall–Kier alpha value is -3.04. The van der Waals surface area contributed by atoms with E-state index in [1.54, 1.807) is 11.3 Å². The summed E-state index contributed by atoms with van der Waals surface area (Å²) in [6.45, 7) is 11.3. The second kappa shape index (κ2) is 8.39. The van der Waals surface area contributed by atoms with Gasteiger partial charge in [-0.15, -0.1) is 11.3 Å². The first-order valence-corrected chi connectivity index (χ1v) is 12.5. The molecule has 0 spiro atoms. The maximum atomic E-state index is 4.92. The summed E-state index contributed by atoms with van der Waals surface area (Å²) >= 11 is 1.77. The van der Waals surface area contributed by atoms with Crippen molar-refractivity contribution < 1.29 is 0 Å². The summed E-state index contributed by atoms with van der Waals surface area (Å²) in [5.41, 5.74) is 5.95. The summed E-state index contributed by atoms with van der Waals surface area (Å²) in [7, 11) is 0. The summed E-state index contributed by atoms with van der Waals surface area (Å²) in [5, 5.41) is 3.79. The maximum Gasteiger partial charge on any atom is 0.124 e. The Morgan fingerprint density at radius 1 is 0.848 bits per heavy atom. The zero-order valence-corrected chi connectivity index (χ0v) is 20.8. The summed E-state index contributed by atoms with van der Waals surface area (Å²) in [5.74, 6) is 0.608. The van der Waals surface area contributed by atoms with E-state index in [1.165, 1.54) is 43.4 Å². The molecule has 5 rings (SSSR count). The van der Waals surface area contributed by atoms with Crippen molar-refractivity contribution in [2.45, 2.75) is 46.5 Å². The predicted octanol–water partition coefficient (Wildman–Crippen LogP) is 8.67. The van der Waals surface area contributed by atoms with Gasteiger partial charge in [0.05, 0.1) is 5.69 Å². The fraction of sp³-hybridized carbons (Fsp3) is 0.267. The third kappa shape index (κ3) is 4.43. The average Bonchev–Trinajstić information content (AvgIpc) is 3.21. The number of pyridine rings is 2. The van der Waals surface area contributed by atoms with Gasteiger partial charge in [0.25, 0.3) is 0 Å². The molecule has 33 heavy (non-hydrogen) atoms. The fourth-order valence-electron chi connectivity index (χ4n) is 4.45. The van der Waals surface area contributed by atoms with Crippen molar-refractivity contribution in [3.8, 4) is 21.7 Å². The molecule has 0 fully saturated rings. The van der Waals surface area contributed by atoms with E-state index in [9.17, 15) is 0 Å². The molecule has 3 heterocycles. The zero-order valence-electron chi connectivity index (χ0n) is 20.0. The highest BCUT2D eigenvalue weighted by molar-refractivity contribution is 7.21. The molecule has 0 aliphatic rings. The van der Waals surface area contributed by atoms with Gasteiger partial charge in [0, 0.05) is 27.7 Å². The lowest BCUT2D eigenvalue weighted by Gasteiger charge is -2.22. The van der Waals surface area contributed by atoms with Crippen LogP contribution in [0.4, 0.5) is 0 Å². The highest BCUT2D eigenvalue weighted by Gasteiger charge is 2.19. The zero-order chi connectivity index (χ0) is 23.2. The van der Waals surface area contributed by atoms with Crippen LogP contribution in [0.15, 0.2) is 72.9 Å². The molecule has 3 aromatic heterocycles. The minimum atomic E-state index is 0.0536. The van der Waals surface area contributed by atoms with Crippen LogP contribution in [0, 0.1) is 5.92 Å². The average molecular weight is 451 g/mol. The highest BCUT2D eigenvalue weighted by Crippen LogP contribution is 2.37. The van der Waals surface area contributed by atoms with Gasteiger partial charge < -0.3 is 0 Å². The molecule has 0 radical (unpaired) electrons. The quantitative estimate of drug-likeness (QED) is 0.274. The molecule has 0 aliphatic carbocycles. The Kier molecular flexibility index (Phi) is 5.54. The number of hydrogen-bond donors (Lipinski definition) is 0. The normalized spacial score (nSPS) is 12.2. The topological polar surface area (TPSA) is 25.8 Å². The van der Waals surface area contributed by atoms with Gasteiger partial charge in [-0.2, -0.15) is 0 Å². The van der Waals surface area contributed by atoms with Gasteiger partial charge in [-0.25, -0.2) is 4.98 Å². The van der Waals surface area contributed by atoms with Crippen LogP contribution < -0.4 is 0 Å². The Balaban J connectivity index is 1.58. The Labute approximate surface area is 200 Å². The first kappa shape index (κ1) is 21.8. The third-order valence-electron chi connectivity index (χ3n) is 6.07. The smallest absolute Gasteiger partial charge is 0.124 e. The van der Waals surface area contributed by atoms with Crippen LogP contribution >= 0.6 is 11.3 Å². The Bertz CT molecular complexity index is 1450. The van der Waals surface area contributed by atoms with Crippen LogP contribution in [0.3, 0.4) is 0 Å². The summed E-state index contributed by atoms with van der Waals surface area (Å²) in [6, 6.07) is 24.2. The van der Waals surface area contributed by atoms with Gasteiger partial charge in [0.2, 0.25) is 0 Å². The van der Waals surface area contributed by atoms with E-state index in [2.05, 4.69) is 101 Å². The lowest BCUT2D eigenvalue weighted by atomic mass is 9.82. The van der Waals surface area contributed by atoms with Crippen molar-refractivity contribution in [3.05, 3.63) is 84.2 Å². The Morgan fingerprint density at radius 3 is 2.45 bits per heavy atom. The van der Waals surface area contributed by atoms with E-state index >= 15 is 0 Å². The van der Waals surface area contributed by atoms with Gasteiger partial charge in [0.1, 0.15) is 4.83 Å². The minimum absolute atomic E-state index is 0.0536. The summed E-state index contributed by atoms with van der Waals surface area (Å²) in [6.07, 6.45) is 2.94. The first-order chi connectivity index (χ1) is 15.8. The second-order valence-corrected chi connectivity index (χ2v) is 11.4. The molecule has 2 nitrogen and oxygen atoms in total. The monoisotopic (exact) mass is 450 g/mol. The summed E-state index contributed by atoms with van der Waals surface area (Å²) < 4.78 is 0. The molecule has 166 valence electrons. The van der Waals surface area contributed by atoms with Crippen molar-refractivity contribution >= 4 is 32.3 Å². The third-order valence-corrected chi connectivity index (χ3v) is 7.16. The van der Waals surface area contributed by atoms with E-state index < -0.39 is 0 Å². The number of aromatic nitrogens is 2. The molecule has 0 saturated carbocycles. The molecular weight excluding hydrogens is 420 g/mol. The number of hydrogen-bond acceptors (Lipinski definition) is 3. The van der Waals surface area contributed by atoms with E-state index in [-0.39, 0.29) is 5.41 Å². The standard InChI is InChI=1S/C30H30N2S/c1-19(2)14-24-11-10-22-18-28(33-29(22)32-24)21-12-13-31-27(17-21)23-15-20-8-6-7-9-25(20)26(16-23)30(3,4)5/h6-13,15-19H,14H2,1-5H3. The van der Waals surface area contributed by atoms with Crippen molar-refractivity contribution in [1.82, 2.24) is 9.97 Å². The van der Waals surface area contributed by atoms with Crippen LogP contribution in [0.1, 0.15) is 45.9 Å². The van der Waals surface area contributed by atoms with Crippen molar-refractivity contribution in [3.63, 3.8) is 0 Å². The van der Waals surface area contributed by atoms with Crippen molar-refractivity contribution in [1.29, 1.82) is 0 Å². The van der Waals surface area contributed by atoms with Crippen LogP contribution in [0.2, 0.25) is 0 Å². The molecule has 0 amide bonds. The largest absolute Gasteiger partial charge is 0.256 e. The molecule has 0 unspecified atom stereocenters. The number of thiophene rings is 1. The van der Waals surface area contributed by atoms with Crippen LogP contribution in [-0.4, -0.2) is 9.97 Å². The van der Waals surface area contributed by atoms with E-state index in [4.69, 9.17) is 9.97 Å². The van der Waals surface area contributed by atoms with Crippen LogP contribution in [0.5, 0.6) is 0 Å². The van der Waals surface area contributed by atoms with Gasteiger partial charge >= 0.3 is 0 Å². The second-order valence-electron chi connectivity index (χ2n) is 10.3. The van der Waals surface area contributed by atoms with Crippen molar-refractivity contribution in [2.75, 3.05) is 0 Å².